The summed E-state index contributed by atoms with van der Waals surface area (Å²) in [4.78, 5) is 4.44. The molecule has 1 unspecified atom stereocenters. The lowest BCUT2D eigenvalue weighted by molar-refractivity contribution is 0.637. The minimum Gasteiger partial charge on any atom is -0.331 e. The molecule has 0 aliphatic rings. The van der Waals surface area contributed by atoms with Gasteiger partial charge in [0.25, 0.3) is 0 Å². The number of hydrogen-bond donors (Lipinski definition) is 1. The Balaban J connectivity index is 1.82. The molecule has 0 aliphatic heterocycles. The summed E-state index contributed by atoms with van der Waals surface area (Å²) in [5, 5.41) is 5.81. The second kappa shape index (κ2) is 5.69. The number of aromatic nitrogens is 4. The maximum atomic E-state index is 5.98. The van der Waals surface area contributed by atoms with E-state index in [0.717, 1.165) is 36.3 Å². The Morgan fingerprint density at radius 2 is 2.10 bits per heavy atom. The molecule has 0 saturated heterocycles. The van der Waals surface area contributed by atoms with E-state index in [9.17, 15) is 0 Å². The number of rotatable bonds is 5. The average Bonchev–Trinajstić information content (AvgIpc) is 3.05. The zero-order valence-corrected chi connectivity index (χ0v) is 12.5. The van der Waals surface area contributed by atoms with Crippen molar-refractivity contribution in [3.63, 3.8) is 0 Å². The van der Waals surface area contributed by atoms with E-state index in [1.165, 1.54) is 5.39 Å². The van der Waals surface area contributed by atoms with Gasteiger partial charge in [-0.15, -0.1) is 0 Å². The molecule has 5 heteroatoms. The molecule has 2 N–H and O–H groups in total. The van der Waals surface area contributed by atoms with Crippen LogP contribution < -0.4 is 5.73 Å². The number of aryl methyl sites for hydroxylation is 1. The summed E-state index contributed by atoms with van der Waals surface area (Å²) in [5.74, 6) is 0. The topological polar surface area (TPSA) is 61.7 Å². The maximum Gasteiger partial charge on any atom is 0.0953 e. The molecule has 2 aromatic heterocycles. The molecule has 0 radical (unpaired) electrons. The fourth-order valence-corrected chi connectivity index (χ4v) is 2.59. The molecule has 3 aromatic rings. The van der Waals surface area contributed by atoms with Gasteiger partial charge in [-0.25, -0.2) is 4.98 Å². The Morgan fingerprint density at radius 1 is 1.29 bits per heavy atom. The van der Waals surface area contributed by atoms with Crippen molar-refractivity contribution in [1.82, 2.24) is 19.3 Å². The lowest BCUT2D eigenvalue weighted by Crippen LogP contribution is -2.21. The van der Waals surface area contributed by atoms with Gasteiger partial charge in [-0.1, -0.05) is 25.1 Å². The third-order valence-electron chi connectivity index (χ3n) is 3.85. The average molecular weight is 283 g/mol. The van der Waals surface area contributed by atoms with Crippen molar-refractivity contribution < 1.29 is 0 Å². The molecular weight excluding hydrogens is 262 g/mol. The van der Waals surface area contributed by atoms with Crippen molar-refractivity contribution in [2.45, 2.75) is 32.4 Å². The van der Waals surface area contributed by atoms with E-state index >= 15 is 0 Å². The summed E-state index contributed by atoms with van der Waals surface area (Å²) in [7, 11) is 1.98. The van der Waals surface area contributed by atoms with Gasteiger partial charge in [0.2, 0.25) is 0 Å². The van der Waals surface area contributed by atoms with Crippen LogP contribution in [0, 0.1) is 0 Å². The van der Waals surface area contributed by atoms with Crippen molar-refractivity contribution in [3.05, 3.63) is 48.2 Å². The van der Waals surface area contributed by atoms with Crippen LogP contribution in [0.4, 0.5) is 0 Å². The monoisotopic (exact) mass is 283 g/mol. The van der Waals surface area contributed by atoms with E-state index in [-0.39, 0.29) is 6.04 Å². The molecule has 0 aliphatic carbocycles. The molecule has 0 saturated carbocycles. The summed E-state index contributed by atoms with van der Waals surface area (Å²) in [6, 6.07) is 8.47. The molecule has 21 heavy (non-hydrogen) atoms. The highest BCUT2D eigenvalue weighted by Gasteiger charge is 2.10. The number of benzene rings is 1. The summed E-state index contributed by atoms with van der Waals surface area (Å²) >= 11 is 0. The smallest absolute Gasteiger partial charge is 0.0953 e. The van der Waals surface area contributed by atoms with E-state index in [2.05, 4.69) is 39.9 Å². The number of imidazole rings is 1. The summed E-state index contributed by atoms with van der Waals surface area (Å²) < 4.78 is 4.00. The first-order valence-corrected chi connectivity index (χ1v) is 7.34. The highest BCUT2D eigenvalue weighted by Crippen LogP contribution is 2.18. The van der Waals surface area contributed by atoms with Crippen molar-refractivity contribution in [2.75, 3.05) is 0 Å². The standard InChI is InChI=1S/C16H21N5/c1-3-12(17)8-13-9-21(11-18-13)10-15-14-6-4-5-7-16(14)20(2)19-15/h4-7,9,11-12H,3,8,10,17H2,1-2H3. The van der Waals surface area contributed by atoms with Gasteiger partial charge in [-0.2, -0.15) is 5.10 Å². The van der Waals surface area contributed by atoms with E-state index in [1.807, 2.05) is 30.2 Å². The van der Waals surface area contributed by atoms with Crippen LogP contribution in [-0.4, -0.2) is 25.4 Å². The van der Waals surface area contributed by atoms with Crippen LogP contribution >= 0.6 is 0 Å². The van der Waals surface area contributed by atoms with Gasteiger partial charge in [-0.3, -0.25) is 4.68 Å². The van der Waals surface area contributed by atoms with Crippen LogP contribution in [0.1, 0.15) is 24.7 Å². The Morgan fingerprint density at radius 3 is 2.90 bits per heavy atom. The van der Waals surface area contributed by atoms with Crippen molar-refractivity contribution in [3.8, 4) is 0 Å². The predicted octanol–water partition coefficient (Wildman–Crippen LogP) is 2.10. The molecule has 1 aromatic carbocycles. The molecular formula is C16H21N5. The van der Waals surface area contributed by atoms with Crippen LogP contribution in [0.3, 0.4) is 0 Å². The molecule has 0 amide bonds. The van der Waals surface area contributed by atoms with Gasteiger partial charge in [0.1, 0.15) is 0 Å². The van der Waals surface area contributed by atoms with Crippen LogP contribution in [0.15, 0.2) is 36.8 Å². The number of nitrogens with two attached hydrogens (primary N) is 1. The van der Waals surface area contributed by atoms with E-state index in [4.69, 9.17) is 5.73 Å². The third-order valence-corrected chi connectivity index (χ3v) is 3.85. The van der Waals surface area contributed by atoms with Crippen molar-refractivity contribution >= 4 is 10.9 Å². The molecule has 1 atom stereocenters. The van der Waals surface area contributed by atoms with E-state index < -0.39 is 0 Å². The summed E-state index contributed by atoms with van der Waals surface area (Å²) in [5.41, 5.74) is 9.25. The second-order valence-electron chi connectivity index (χ2n) is 5.50. The van der Waals surface area contributed by atoms with Crippen molar-refractivity contribution in [2.24, 2.45) is 12.8 Å². The minimum absolute atomic E-state index is 0.184. The summed E-state index contributed by atoms with van der Waals surface area (Å²) in [6.45, 7) is 2.83. The fraction of sp³-hybridized carbons (Fsp3) is 0.375. The molecule has 0 fully saturated rings. The van der Waals surface area contributed by atoms with Gasteiger partial charge in [0.15, 0.2) is 0 Å². The second-order valence-corrected chi connectivity index (χ2v) is 5.50. The van der Waals surface area contributed by atoms with Crippen LogP contribution in [0.25, 0.3) is 10.9 Å². The third kappa shape index (κ3) is 2.83. The number of para-hydroxylation sites is 1. The fourth-order valence-electron chi connectivity index (χ4n) is 2.59. The summed E-state index contributed by atoms with van der Waals surface area (Å²) in [6.07, 6.45) is 5.73. The minimum atomic E-state index is 0.184. The largest absolute Gasteiger partial charge is 0.331 e. The Kier molecular flexibility index (Phi) is 3.75. The zero-order valence-electron chi connectivity index (χ0n) is 12.5. The lowest BCUT2D eigenvalue weighted by Gasteiger charge is -2.04. The molecule has 0 spiro atoms. The van der Waals surface area contributed by atoms with Gasteiger partial charge in [-0.05, 0) is 12.5 Å². The SMILES string of the molecule is CCC(N)Cc1cn(Cc2nn(C)c3ccccc23)cn1. The molecule has 110 valence electrons. The molecule has 3 rings (SSSR count). The van der Waals surface area contributed by atoms with E-state index in [1.54, 1.807) is 0 Å². The quantitative estimate of drug-likeness (QED) is 0.780. The predicted molar refractivity (Wildman–Crippen MR) is 84.0 cm³/mol. The molecule has 0 bridgehead atoms. The first-order chi connectivity index (χ1) is 10.2. The van der Waals surface area contributed by atoms with Gasteiger partial charge in [0, 0.05) is 31.1 Å². The Hall–Kier alpha value is -2.14. The number of fused-ring (bicyclic) bond motifs is 1. The molecule has 2 heterocycles. The van der Waals surface area contributed by atoms with Crippen LogP contribution in [0.2, 0.25) is 0 Å². The highest BCUT2D eigenvalue weighted by atomic mass is 15.3. The van der Waals surface area contributed by atoms with Crippen molar-refractivity contribution in [1.29, 1.82) is 0 Å². The zero-order chi connectivity index (χ0) is 14.8. The van der Waals surface area contributed by atoms with Gasteiger partial charge < -0.3 is 10.3 Å². The highest BCUT2D eigenvalue weighted by molar-refractivity contribution is 5.81. The Bertz CT molecular complexity index is 740. The van der Waals surface area contributed by atoms with Crippen LogP contribution in [-0.2, 0) is 20.0 Å². The maximum absolute atomic E-state index is 5.98. The first kappa shape index (κ1) is 13.8. The van der Waals surface area contributed by atoms with E-state index in [0.29, 0.717) is 0 Å². The first-order valence-electron chi connectivity index (χ1n) is 7.34. The Labute approximate surface area is 124 Å². The van der Waals surface area contributed by atoms with Gasteiger partial charge >= 0.3 is 0 Å². The van der Waals surface area contributed by atoms with Crippen LogP contribution in [0.5, 0.6) is 0 Å². The number of hydrogen-bond acceptors (Lipinski definition) is 3. The number of nitrogens with zero attached hydrogens (tertiary/aromatic N) is 4. The van der Waals surface area contributed by atoms with Gasteiger partial charge in [0.05, 0.1) is 29.8 Å². The molecule has 5 nitrogen and oxygen atoms in total. The normalized spacial score (nSPS) is 12.9. The lowest BCUT2D eigenvalue weighted by atomic mass is 10.1.